The molecule has 0 unspecified atom stereocenters. The van der Waals surface area contributed by atoms with E-state index in [0.717, 1.165) is 48.6 Å². The molecule has 1 aromatic carbocycles. The Bertz CT molecular complexity index is 894. The second kappa shape index (κ2) is 9.61. The van der Waals surface area contributed by atoms with Crippen molar-refractivity contribution in [3.05, 3.63) is 60.1 Å². The number of piperidine rings is 1. The Kier molecular flexibility index (Phi) is 6.69. The number of hydrogen-bond acceptors (Lipinski definition) is 6. The summed E-state index contributed by atoms with van der Waals surface area (Å²) >= 11 is 1.51. The van der Waals surface area contributed by atoms with Gasteiger partial charge in [0.2, 0.25) is 0 Å². The average Bonchev–Trinajstić information content (AvgIpc) is 3.36. The highest BCUT2D eigenvalue weighted by atomic mass is 32.2. The first-order valence-corrected chi connectivity index (χ1v) is 11.1. The molecule has 1 aliphatic rings. The average molecular weight is 412 g/mol. The SMILES string of the molecule is CN(CCc1ccccc1)[C@H]1CCCN(Cc2ccc(Sc3nncn3C)o2)C1. The molecule has 1 atom stereocenters. The summed E-state index contributed by atoms with van der Waals surface area (Å²) in [6.45, 7) is 4.19. The molecular formula is C22H29N5OS. The molecule has 3 aromatic rings. The van der Waals surface area contributed by atoms with Crippen molar-refractivity contribution in [1.29, 1.82) is 0 Å². The first-order chi connectivity index (χ1) is 14.2. The Balaban J connectivity index is 1.28. The lowest BCUT2D eigenvalue weighted by Gasteiger charge is -2.37. The second-order valence-electron chi connectivity index (χ2n) is 7.79. The van der Waals surface area contributed by atoms with Gasteiger partial charge in [-0.1, -0.05) is 30.3 Å². The van der Waals surface area contributed by atoms with Crippen molar-refractivity contribution in [2.45, 2.75) is 42.1 Å². The van der Waals surface area contributed by atoms with E-state index in [0.29, 0.717) is 6.04 Å². The topological polar surface area (TPSA) is 50.3 Å². The van der Waals surface area contributed by atoms with Crippen LogP contribution in [0.5, 0.6) is 0 Å². The summed E-state index contributed by atoms with van der Waals surface area (Å²) < 4.78 is 7.94. The van der Waals surface area contributed by atoms with Gasteiger partial charge in [0.15, 0.2) is 10.2 Å². The third-order valence-electron chi connectivity index (χ3n) is 5.58. The van der Waals surface area contributed by atoms with E-state index in [1.165, 1.54) is 30.2 Å². The minimum Gasteiger partial charge on any atom is -0.453 e. The van der Waals surface area contributed by atoms with Crippen LogP contribution >= 0.6 is 11.8 Å². The van der Waals surface area contributed by atoms with Crippen molar-refractivity contribution in [2.75, 3.05) is 26.7 Å². The fraction of sp³-hybridized carbons (Fsp3) is 0.455. The van der Waals surface area contributed by atoms with Crippen LogP contribution in [0.1, 0.15) is 24.2 Å². The fourth-order valence-corrected chi connectivity index (χ4v) is 4.58. The van der Waals surface area contributed by atoms with E-state index in [4.69, 9.17) is 4.42 Å². The van der Waals surface area contributed by atoms with Gasteiger partial charge in [-0.3, -0.25) is 4.90 Å². The van der Waals surface area contributed by atoms with Crippen LogP contribution in [0, 0.1) is 0 Å². The minimum atomic E-state index is 0.606. The summed E-state index contributed by atoms with van der Waals surface area (Å²) in [7, 11) is 4.20. The standard InChI is InChI=1S/C22H29N5OS/c1-25(14-12-18-7-4-3-5-8-18)19-9-6-13-27(15-19)16-20-10-11-21(28-20)29-22-24-23-17-26(22)2/h3-5,7-8,10-11,17,19H,6,9,12-16H2,1-2H3/t19-/m0/s1. The van der Waals surface area contributed by atoms with Crippen LogP contribution in [0.3, 0.4) is 0 Å². The van der Waals surface area contributed by atoms with Crippen LogP contribution < -0.4 is 0 Å². The maximum Gasteiger partial charge on any atom is 0.198 e. The molecule has 1 aliphatic heterocycles. The molecule has 6 nitrogen and oxygen atoms in total. The molecule has 4 rings (SSSR count). The van der Waals surface area contributed by atoms with Crippen molar-refractivity contribution in [3.8, 4) is 0 Å². The molecule has 0 bridgehead atoms. The van der Waals surface area contributed by atoms with Crippen LogP contribution in [0.4, 0.5) is 0 Å². The molecule has 2 aromatic heterocycles. The van der Waals surface area contributed by atoms with Crippen molar-refractivity contribution in [3.63, 3.8) is 0 Å². The van der Waals surface area contributed by atoms with Gasteiger partial charge in [0.05, 0.1) is 6.54 Å². The smallest absolute Gasteiger partial charge is 0.198 e. The predicted molar refractivity (Wildman–Crippen MR) is 115 cm³/mol. The van der Waals surface area contributed by atoms with Crippen LogP contribution in [-0.2, 0) is 20.0 Å². The lowest BCUT2D eigenvalue weighted by molar-refractivity contribution is 0.106. The summed E-state index contributed by atoms with van der Waals surface area (Å²) in [4.78, 5) is 5.04. The third-order valence-corrected chi connectivity index (χ3v) is 6.55. The number of aromatic nitrogens is 3. The van der Waals surface area contributed by atoms with E-state index >= 15 is 0 Å². The molecule has 0 aliphatic carbocycles. The Morgan fingerprint density at radius 3 is 2.86 bits per heavy atom. The van der Waals surface area contributed by atoms with Gasteiger partial charge in [-0.15, -0.1) is 10.2 Å². The molecule has 0 saturated carbocycles. The summed E-state index contributed by atoms with van der Waals surface area (Å²) in [6.07, 6.45) is 5.32. The molecule has 1 saturated heterocycles. The van der Waals surface area contributed by atoms with E-state index in [1.54, 1.807) is 6.33 Å². The zero-order chi connectivity index (χ0) is 20.1. The zero-order valence-electron chi connectivity index (χ0n) is 17.2. The maximum atomic E-state index is 6.04. The number of furan rings is 1. The number of likely N-dealkylation sites (tertiary alicyclic amines) is 1. The number of rotatable bonds is 8. The highest BCUT2D eigenvalue weighted by Gasteiger charge is 2.24. The quantitative estimate of drug-likeness (QED) is 0.563. The second-order valence-corrected chi connectivity index (χ2v) is 8.77. The largest absolute Gasteiger partial charge is 0.453 e. The van der Waals surface area contributed by atoms with Gasteiger partial charge in [-0.05, 0) is 62.3 Å². The molecule has 154 valence electrons. The number of benzene rings is 1. The predicted octanol–water partition coefficient (Wildman–Crippen LogP) is 3.70. The molecule has 7 heteroatoms. The zero-order valence-corrected chi connectivity index (χ0v) is 18.0. The van der Waals surface area contributed by atoms with Gasteiger partial charge in [0, 0.05) is 26.2 Å². The Labute approximate surface area is 176 Å². The number of aryl methyl sites for hydroxylation is 1. The van der Waals surface area contributed by atoms with Crippen molar-refractivity contribution in [2.24, 2.45) is 7.05 Å². The Morgan fingerprint density at radius 2 is 2.07 bits per heavy atom. The fourth-order valence-electron chi connectivity index (χ4n) is 3.84. The lowest BCUT2D eigenvalue weighted by atomic mass is 10.0. The summed E-state index contributed by atoms with van der Waals surface area (Å²) in [6, 6.07) is 15.5. The molecular weight excluding hydrogens is 382 g/mol. The number of likely N-dealkylation sites (N-methyl/N-ethyl adjacent to an activating group) is 1. The van der Waals surface area contributed by atoms with Gasteiger partial charge in [-0.2, -0.15) is 0 Å². The van der Waals surface area contributed by atoms with Crippen LogP contribution in [0.2, 0.25) is 0 Å². The molecule has 0 N–H and O–H groups in total. The van der Waals surface area contributed by atoms with E-state index in [-0.39, 0.29) is 0 Å². The van der Waals surface area contributed by atoms with E-state index < -0.39 is 0 Å². The van der Waals surface area contributed by atoms with E-state index in [1.807, 2.05) is 17.7 Å². The lowest BCUT2D eigenvalue weighted by Crippen LogP contribution is -2.46. The van der Waals surface area contributed by atoms with E-state index in [9.17, 15) is 0 Å². The molecule has 0 amide bonds. The molecule has 0 spiro atoms. The van der Waals surface area contributed by atoms with Crippen molar-refractivity contribution in [1.82, 2.24) is 24.6 Å². The summed E-state index contributed by atoms with van der Waals surface area (Å²) in [5, 5.41) is 9.72. The highest BCUT2D eigenvalue weighted by Crippen LogP contribution is 2.28. The summed E-state index contributed by atoms with van der Waals surface area (Å²) in [5.74, 6) is 1.02. The van der Waals surface area contributed by atoms with Crippen molar-refractivity contribution < 1.29 is 4.42 Å². The highest BCUT2D eigenvalue weighted by molar-refractivity contribution is 7.99. The monoisotopic (exact) mass is 411 g/mol. The Morgan fingerprint density at radius 1 is 1.21 bits per heavy atom. The van der Waals surface area contributed by atoms with Crippen LogP contribution in [0.15, 0.2) is 63.5 Å². The van der Waals surface area contributed by atoms with Gasteiger partial charge in [-0.25, -0.2) is 0 Å². The van der Waals surface area contributed by atoms with Crippen LogP contribution in [-0.4, -0.2) is 57.3 Å². The van der Waals surface area contributed by atoms with E-state index in [2.05, 4.69) is 63.4 Å². The number of hydrogen-bond donors (Lipinski definition) is 0. The third kappa shape index (κ3) is 5.50. The van der Waals surface area contributed by atoms with Gasteiger partial charge >= 0.3 is 0 Å². The minimum absolute atomic E-state index is 0.606. The molecule has 1 fully saturated rings. The first kappa shape index (κ1) is 20.2. The van der Waals surface area contributed by atoms with Crippen LogP contribution in [0.25, 0.3) is 0 Å². The molecule has 0 radical (unpaired) electrons. The maximum absolute atomic E-state index is 6.04. The number of nitrogens with zero attached hydrogens (tertiary/aromatic N) is 5. The summed E-state index contributed by atoms with van der Waals surface area (Å²) in [5.41, 5.74) is 1.41. The molecule has 3 heterocycles. The first-order valence-electron chi connectivity index (χ1n) is 10.2. The van der Waals surface area contributed by atoms with Crippen molar-refractivity contribution >= 4 is 11.8 Å². The van der Waals surface area contributed by atoms with Gasteiger partial charge < -0.3 is 13.9 Å². The Hall–Kier alpha value is -2.09. The van der Waals surface area contributed by atoms with Gasteiger partial charge in [0.25, 0.3) is 0 Å². The van der Waals surface area contributed by atoms with Gasteiger partial charge in [0.1, 0.15) is 12.1 Å². The normalized spacial score (nSPS) is 17.8. The molecule has 29 heavy (non-hydrogen) atoms.